The maximum absolute atomic E-state index is 12.9. The van der Waals surface area contributed by atoms with Crippen LogP contribution in [0.4, 0.5) is 0 Å². The van der Waals surface area contributed by atoms with Crippen molar-refractivity contribution in [2.75, 3.05) is 39.6 Å². The molecule has 3 aliphatic rings. The highest BCUT2D eigenvalue weighted by Crippen LogP contribution is 2.33. The van der Waals surface area contributed by atoms with Crippen molar-refractivity contribution in [3.8, 4) is 11.5 Å². The minimum Gasteiger partial charge on any atom is -0.467 e. The largest absolute Gasteiger partial charge is 0.467 e. The maximum atomic E-state index is 12.9. The van der Waals surface area contributed by atoms with Crippen LogP contribution in [-0.4, -0.2) is 67.2 Å². The molecule has 174 valence electrons. The lowest BCUT2D eigenvalue weighted by Crippen LogP contribution is -2.57. The van der Waals surface area contributed by atoms with Crippen LogP contribution in [0.2, 0.25) is 0 Å². The molecule has 4 heterocycles. The molecule has 0 unspecified atom stereocenters. The van der Waals surface area contributed by atoms with Crippen LogP contribution < -0.4 is 14.8 Å². The number of fused-ring (bicyclic) bond motifs is 1. The number of benzene rings is 1. The molecule has 1 fully saturated rings. The molecule has 10 heteroatoms. The number of esters is 1. The van der Waals surface area contributed by atoms with Gasteiger partial charge in [0.15, 0.2) is 17.4 Å². The van der Waals surface area contributed by atoms with E-state index in [0.717, 1.165) is 36.7 Å². The van der Waals surface area contributed by atoms with E-state index in [0.29, 0.717) is 24.8 Å². The molecule has 0 radical (unpaired) electrons. The molecule has 0 aliphatic carbocycles. The quantitative estimate of drug-likeness (QED) is 0.536. The fourth-order valence-corrected chi connectivity index (χ4v) is 4.30. The molecule has 2 aromatic rings. The normalized spacial score (nSPS) is 22.6. The van der Waals surface area contributed by atoms with E-state index in [4.69, 9.17) is 23.6 Å². The molecule has 0 spiro atoms. The zero-order chi connectivity index (χ0) is 22.8. The second kappa shape index (κ2) is 9.14. The monoisotopic (exact) mass is 454 g/mol. The summed E-state index contributed by atoms with van der Waals surface area (Å²) in [5.41, 5.74) is 1.16. The van der Waals surface area contributed by atoms with Gasteiger partial charge in [0.2, 0.25) is 18.7 Å². The molecule has 0 saturated carbocycles. The Kier molecular flexibility index (Phi) is 5.91. The highest BCUT2D eigenvalue weighted by molar-refractivity contribution is 6.08. The number of aliphatic imine (C=N–C) groups is 1. The van der Waals surface area contributed by atoms with Gasteiger partial charge in [-0.2, -0.15) is 0 Å². The maximum Gasteiger partial charge on any atom is 0.321 e. The third-order valence-corrected chi connectivity index (χ3v) is 5.98. The Balaban J connectivity index is 1.26. The number of rotatable bonds is 5. The molecule has 1 aromatic carbocycles. The zero-order valence-electron chi connectivity index (χ0n) is 18.4. The van der Waals surface area contributed by atoms with Crippen molar-refractivity contribution in [2.45, 2.75) is 19.5 Å². The van der Waals surface area contributed by atoms with Crippen LogP contribution in [0.25, 0.3) is 0 Å². The molecule has 10 nitrogen and oxygen atoms in total. The SMILES string of the molecule is CCOC(=O)[C@@H]1C(=O)NC(N2CCN(Cc3ccc4c(c3)OCO4)CC2)=N[C@@H]1c1ccco1. The highest BCUT2D eigenvalue weighted by Gasteiger charge is 2.43. The Morgan fingerprint density at radius 1 is 1.18 bits per heavy atom. The summed E-state index contributed by atoms with van der Waals surface area (Å²) in [6.45, 7) is 5.95. The molecule has 1 aromatic heterocycles. The molecule has 2 atom stereocenters. The summed E-state index contributed by atoms with van der Waals surface area (Å²) in [4.78, 5) is 34.4. The summed E-state index contributed by atoms with van der Waals surface area (Å²) >= 11 is 0. The van der Waals surface area contributed by atoms with E-state index >= 15 is 0 Å². The lowest BCUT2D eigenvalue weighted by molar-refractivity contribution is -0.153. The summed E-state index contributed by atoms with van der Waals surface area (Å²) in [7, 11) is 0. The van der Waals surface area contributed by atoms with E-state index < -0.39 is 23.8 Å². The van der Waals surface area contributed by atoms with Crippen molar-refractivity contribution in [3.05, 3.63) is 47.9 Å². The number of hydrogen-bond donors (Lipinski definition) is 1. The zero-order valence-corrected chi connectivity index (χ0v) is 18.4. The van der Waals surface area contributed by atoms with Gasteiger partial charge in [-0.15, -0.1) is 0 Å². The highest BCUT2D eigenvalue weighted by atomic mass is 16.7. The van der Waals surface area contributed by atoms with Crippen molar-refractivity contribution in [1.82, 2.24) is 15.1 Å². The van der Waals surface area contributed by atoms with Crippen molar-refractivity contribution >= 4 is 17.8 Å². The molecule has 1 saturated heterocycles. The number of piperazine rings is 1. The van der Waals surface area contributed by atoms with Gasteiger partial charge in [0.05, 0.1) is 12.9 Å². The van der Waals surface area contributed by atoms with Gasteiger partial charge in [-0.1, -0.05) is 6.07 Å². The van der Waals surface area contributed by atoms with Gasteiger partial charge >= 0.3 is 5.97 Å². The van der Waals surface area contributed by atoms with Gasteiger partial charge in [-0.05, 0) is 36.8 Å². The Morgan fingerprint density at radius 2 is 2.00 bits per heavy atom. The number of ether oxygens (including phenoxy) is 3. The summed E-state index contributed by atoms with van der Waals surface area (Å²) < 4.78 is 21.5. The third-order valence-electron chi connectivity index (χ3n) is 5.98. The number of nitrogens with zero attached hydrogens (tertiary/aromatic N) is 3. The van der Waals surface area contributed by atoms with Gasteiger partial charge in [-0.25, -0.2) is 4.99 Å². The number of carbonyl (C=O) groups is 2. The Morgan fingerprint density at radius 3 is 2.76 bits per heavy atom. The predicted molar refractivity (Wildman–Crippen MR) is 117 cm³/mol. The van der Waals surface area contributed by atoms with Crippen LogP contribution in [0.1, 0.15) is 24.3 Å². The minimum atomic E-state index is -1.08. The molecule has 5 rings (SSSR count). The summed E-state index contributed by atoms with van der Waals surface area (Å²) in [6.07, 6.45) is 1.51. The van der Waals surface area contributed by atoms with Crippen LogP contribution in [0, 0.1) is 5.92 Å². The predicted octanol–water partition coefficient (Wildman–Crippen LogP) is 1.53. The van der Waals surface area contributed by atoms with Crippen molar-refractivity contribution in [3.63, 3.8) is 0 Å². The molecule has 33 heavy (non-hydrogen) atoms. The number of nitrogens with one attached hydrogen (secondary N) is 1. The van der Waals surface area contributed by atoms with Crippen LogP contribution in [0.3, 0.4) is 0 Å². The number of hydrogen-bond acceptors (Lipinski definition) is 9. The van der Waals surface area contributed by atoms with E-state index in [9.17, 15) is 9.59 Å². The minimum absolute atomic E-state index is 0.190. The van der Waals surface area contributed by atoms with Crippen molar-refractivity contribution < 1.29 is 28.2 Å². The fourth-order valence-electron chi connectivity index (χ4n) is 4.30. The van der Waals surface area contributed by atoms with Crippen LogP contribution >= 0.6 is 0 Å². The van der Waals surface area contributed by atoms with Gasteiger partial charge in [0.1, 0.15) is 11.8 Å². The average molecular weight is 454 g/mol. The number of guanidine groups is 1. The topological polar surface area (TPSA) is 106 Å². The van der Waals surface area contributed by atoms with Crippen LogP contribution in [0.5, 0.6) is 11.5 Å². The van der Waals surface area contributed by atoms with Gasteiger partial charge in [0.25, 0.3) is 0 Å². The second-order valence-corrected chi connectivity index (χ2v) is 8.08. The number of furan rings is 1. The van der Waals surface area contributed by atoms with Gasteiger partial charge < -0.3 is 23.5 Å². The molecule has 3 aliphatic heterocycles. The Labute approximate surface area is 191 Å². The second-order valence-electron chi connectivity index (χ2n) is 8.08. The van der Waals surface area contributed by atoms with Gasteiger partial charge in [0, 0.05) is 32.7 Å². The lowest BCUT2D eigenvalue weighted by atomic mass is 9.95. The molecule has 0 bridgehead atoms. The van der Waals surface area contributed by atoms with Gasteiger partial charge in [-0.3, -0.25) is 19.8 Å². The number of amides is 1. The number of carbonyl (C=O) groups excluding carboxylic acids is 2. The van der Waals surface area contributed by atoms with E-state index in [2.05, 4.69) is 16.3 Å². The summed E-state index contributed by atoms with van der Waals surface area (Å²) in [5, 5.41) is 2.81. The first-order chi connectivity index (χ1) is 16.1. The Bertz CT molecular complexity index is 1050. The van der Waals surface area contributed by atoms with E-state index in [1.165, 1.54) is 6.26 Å². The van der Waals surface area contributed by atoms with E-state index in [-0.39, 0.29) is 13.4 Å². The molecular weight excluding hydrogens is 428 g/mol. The first kappa shape index (κ1) is 21.3. The van der Waals surface area contributed by atoms with Crippen LogP contribution in [-0.2, 0) is 20.9 Å². The summed E-state index contributed by atoms with van der Waals surface area (Å²) in [6, 6.07) is 8.69. The molecule has 1 amide bonds. The summed E-state index contributed by atoms with van der Waals surface area (Å²) in [5.74, 6) is 0.376. The first-order valence-corrected chi connectivity index (χ1v) is 11.1. The lowest BCUT2D eigenvalue weighted by Gasteiger charge is -2.38. The van der Waals surface area contributed by atoms with Crippen molar-refractivity contribution in [2.24, 2.45) is 10.9 Å². The Hall–Kier alpha value is -3.53. The third kappa shape index (κ3) is 4.38. The first-order valence-electron chi connectivity index (χ1n) is 11.1. The fraction of sp³-hybridized carbons (Fsp3) is 0.435. The average Bonchev–Trinajstić information content (AvgIpc) is 3.51. The van der Waals surface area contributed by atoms with E-state index in [1.807, 2.05) is 17.0 Å². The van der Waals surface area contributed by atoms with Crippen LogP contribution in [0.15, 0.2) is 46.0 Å². The molecular formula is C23H26N4O6. The van der Waals surface area contributed by atoms with Crippen molar-refractivity contribution in [1.29, 1.82) is 0 Å². The smallest absolute Gasteiger partial charge is 0.321 e. The standard InChI is InChI=1S/C23H26N4O6/c1-2-30-22(29)19-20(17-4-3-11-31-17)24-23(25-21(19)28)27-9-7-26(8-10-27)13-15-5-6-16-18(12-15)33-14-32-16/h3-6,11-12,19-20H,2,7-10,13-14H2,1H3,(H,24,25,28)/t19-,20+/m0/s1. The van der Waals surface area contributed by atoms with E-state index in [1.54, 1.807) is 19.1 Å². The molecule has 1 N–H and O–H groups in total.